The van der Waals surface area contributed by atoms with Crippen LogP contribution in [0.4, 0.5) is 0 Å². The number of ether oxygens (including phenoxy) is 2. The number of furan rings is 1. The fourth-order valence-corrected chi connectivity index (χ4v) is 2.85. The molecule has 1 aromatic heterocycles. The molecule has 0 radical (unpaired) electrons. The average molecular weight is 365 g/mol. The van der Waals surface area contributed by atoms with E-state index in [0.717, 1.165) is 16.9 Å². The van der Waals surface area contributed by atoms with Crippen molar-refractivity contribution in [1.29, 1.82) is 0 Å². The molecule has 0 aliphatic heterocycles. The van der Waals surface area contributed by atoms with E-state index in [9.17, 15) is 4.79 Å². The molecule has 3 rings (SSSR count). The van der Waals surface area contributed by atoms with E-state index in [1.165, 1.54) is 0 Å². The highest BCUT2D eigenvalue weighted by Crippen LogP contribution is 2.25. The van der Waals surface area contributed by atoms with Crippen LogP contribution in [0.15, 0.2) is 71.1 Å². The molecule has 1 N–H and O–H groups in total. The average Bonchev–Trinajstić information content (AvgIpc) is 3.17. The predicted octanol–water partition coefficient (Wildman–Crippen LogP) is 4.34. The SMILES string of the molecule is CCOc1ccc(C(NC(=O)c2ccc(COC)o2)c2ccccc2)cc1. The van der Waals surface area contributed by atoms with Gasteiger partial charge in [0.05, 0.1) is 12.6 Å². The van der Waals surface area contributed by atoms with Crippen molar-refractivity contribution in [1.82, 2.24) is 5.32 Å². The van der Waals surface area contributed by atoms with E-state index in [-0.39, 0.29) is 17.7 Å². The van der Waals surface area contributed by atoms with Crippen molar-refractivity contribution in [2.45, 2.75) is 19.6 Å². The van der Waals surface area contributed by atoms with Crippen LogP contribution >= 0.6 is 0 Å². The molecule has 0 saturated heterocycles. The molecule has 0 bridgehead atoms. The molecular weight excluding hydrogens is 342 g/mol. The second-order valence-corrected chi connectivity index (χ2v) is 6.02. The van der Waals surface area contributed by atoms with E-state index in [1.807, 2.05) is 61.5 Å². The Bertz CT molecular complexity index is 856. The van der Waals surface area contributed by atoms with Gasteiger partial charge in [0.2, 0.25) is 0 Å². The fraction of sp³-hybridized carbons (Fsp3) is 0.227. The van der Waals surface area contributed by atoms with Gasteiger partial charge in [0.1, 0.15) is 18.1 Å². The molecule has 0 spiro atoms. The molecule has 1 unspecified atom stereocenters. The summed E-state index contributed by atoms with van der Waals surface area (Å²) in [5.41, 5.74) is 1.94. The summed E-state index contributed by atoms with van der Waals surface area (Å²) in [6, 6.07) is 20.7. The van der Waals surface area contributed by atoms with Crippen molar-refractivity contribution in [3.63, 3.8) is 0 Å². The zero-order valence-electron chi connectivity index (χ0n) is 15.5. The van der Waals surface area contributed by atoms with Gasteiger partial charge in [-0.25, -0.2) is 0 Å². The Labute approximate surface area is 158 Å². The van der Waals surface area contributed by atoms with Gasteiger partial charge in [0, 0.05) is 7.11 Å². The lowest BCUT2D eigenvalue weighted by Gasteiger charge is -2.19. The highest BCUT2D eigenvalue weighted by atomic mass is 16.5. The van der Waals surface area contributed by atoms with Gasteiger partial charge < -0.3 is 19.2 Å². The highest BCUT2D eigenvalue weighted by Gasteiger charge is 2.20. The van der Waals surface area contributed by atoms with Crippen LogP contribution in [-0.2, 0) is 11.3 Å². The third-order valence-corrected chi connectivity index (χ3v) is 4.10. The van der Waals surface area contributed by atoms with Gasteiger partial charge in [0.15, 0.2) is 5.76 Å². The molecule has 0 aliphatic carbocycles. The summed E-state index contributed by atoms with van der Waals surface area (Å²) in [5, 5.41) is 3.06. The minimum atomic E-state index is -0.301. The quantitative estimate of drug-likeness (QED) is 0.645. The van der Waals surface area contributed by atoms with Crippen LogP contribution in [0.25, 0.3) is 0 Å². The summed E-state index contributed by atoms with van der Waals surface area (Å²) in [6.45, 7) is 2.89. The number of carbonyl (C=O) groups is 1. The number of rotatable bonds is 8. The third-order valence-electron chi connectivity index (χ3n) is 4.10. The number of amides is 1. The number of hydrogen-bond acceptors (Lipinski definition) is 4. The van der Waals surface area contributed by atoms with Gasteiger partial charge >= 0.3 is 0 Å². The monoisotopic (exact) mass is 365 g/mol. The van der Waals surface area contributed by atoms with Crippen molar-refractivity contribution >= 4 is 5.91 Å². The largest absolute Gasteiger partial charge is 0.494 e. The van der Waals surface area contributed by atoms with Gasteiger partial charge in [0.25, 0.3) is 5.91 Å². The van der Waals surface area contributed by atoms with Gasteiger partial charge in [-0.05, 0) is 42.3 Å². The van der Waals surface area contributed by atoms with E-state index in [4.69, 9.17) is 13.9 Å². The first-order valence-corrected chi connectivity index (χ1v) is 8.87. The van der Waals surface area contributed by atoms with E-state index in [1.54, 1.807) is 19.2 Å². The van der Waals surface area contributed by atoms with Crippen LogP contribution in [0.3, 0.4) is 0 Å². The Morgan fingerprint density at radius 1 is 1.00 bits per heavy atom. The van der Waals surface area contributed by atoms with E-state index in [0.29, 0.717) is 19.0 Å². The normalized spacial score (nSPS) is 11.8. The Hall–Kier alpha value is -3.05. The zero-order chi connectivity index (χ0) is 19.1. The first-order valence-electron chi connectivity index (χ1n) is 8.87. The maximum atomic E-state index is 12.7. The van der Waals surface area contributed by atoms with Crippen LogP contribution in [0.5, 0.6) is 5.75 Å². The molecule has 1 atom stereocenters. The summed E-state index contributed by atoms with van der Waals surface area (Å²) in [6.07, 6.45) is 0. The number of benzene rings is 2. The van der Waals surface area contributed by atoms with Crippen LogP contribution in [-0.4, -0.2) is 19.6 Å². The minimum Gasteiger partial charge on any atom is -0.494 e. The molecule has 1 amide bonds. The molecule has 140 valence electrons. The molecule has 1 heterocycles. The fourth-order valence-electron chi connectivity index (χ4n) is 2.85. The molecule has 0 saturated carbocycles. The van der Waals surface area contributed by atoms with Crippen molar-refractivity contribution in [3.05, 3.63) is 89.4 Å². The lowest BCUT2D eigenvalue weighted by atomic mass is 9.98. The maximum Gasteiger partial charge on any atom is 0.287 e. The van der Waals surface area contributed by atoms with E-state index >= 15 is 0 Å². The van der Waals surface area contributed by atoms with Crippen molar-refractivity contribution in [2.75, 3.05) is 13.7 Å². The highest BCUT2D eigenvalue weighted by molar-refractivity contribution is 5.92. The number of hydrogen-bond donors (Lipinski definition) is 1. The zero-order valence-corrected chi connectivity index (χ0v) is 15.5. The lowest BCUT2D eigenvalue weighted by Crippen LogP contribution is -2.29. The molecule has 2 aromatic carbocycles. The Morgan fingerprint density at radius 2 is 1.70 bits per heavy atom. The maximum absolute atomic E-state index is 12.7. The summed E-state index contributed by atoms with van der Waals surface area (Å²) < 4.78 is 16.1. The molecule has 27 heavy (non-hydrogen) atoms. The van der Waals surface area contributed by atoms with Gasteiger partial charge in [-0.2, -0.15) is 0 Å². The van der Waals surface area contributed by atoms with Crippen LogP contribution in [0.2, 0.25) is 0 Å². The van der Waals surface area contributed by atoms with Crippen molar-refractivity contribution in [3.8, 4) is 5.75 Å². The summed E-state index contributed by atoms with van der Waals surface area (Å²) in [5.74, 6) is 1.39. The van der Waals surface area contributed by atoms with E-state index < -0.39 is 0 Å². The van der Waals surface area contributed by atoms with Crippen molar-refractivity contribution in [2.24, 2.45) is 0 Å². The molecule has 5 heteroatoms. The lowest BCUT2D eigenvalue weighted by molar-refractivity contribution is 0.0906. The number of methoxy groups -OCH3 is 1. The minimum absolute atomic E-state index is 0.258. The summed E-state index contributed by atoms with van der Waals surface area (Å²) in [7, 11) is 1.58. The summed E-state index contributed by atoms with van der Waals surface area (Å²) in [4.78, 5) is 12.7. The Balaban J connectivity index is 1.84. The first kappa shape index (κ1) is 18.7. The van der Waals surface area contributed by atoms with Gasteiger partial charge in [-0.1, -0.05) is 42.5 Å². The smallest absolute Gasteiger partial charge is 0.287 e. The number of nitrogens with one attached hydrogen (secondary N) is 1. The van der Waals surface area contributed by atoms with Gasteiger partial charge in [-0.3, -0.25) is 4.79 Å². The second-order valence-electron chi connectivity index (χ2n) is 6.02. The summed E-state index contributed by atoms with van der Waals surface area (Å²) >= 11 is 0. The molecular formula is C22H23NO4. The second kappa shape index (κ2) is 9.05. The van der Waals surface area contributed by atoms with Gasteiger partial charge in [-0.15, -0.1) is 0 Å². The topological polar surface area (TPSA) is 60.7 Å². The Morgan fingerprint density at radius 3 is 2.37 bits per heavy atom. The van der Waals surface area contributed by atoms with Crippen LogP contribution < -0.4 is 10.1 Å². The molecule has 5 nitrogen and oxygen atoms in total. The first-order chi connectivity index (χ1) is 13.2. The molecule has 3 aromatic rings. The Kier molecular flexibility index (Phi) is 6.28. The predicted molar refractivity (Wildman–Crippen MR) is 103 cm³/mol. The molecule has 0 aliphatic rings. The van der Waals surface area contributed by atoms with E-state index in [2.05, 4.69) is 5.32 Å². The van der Waals surface area contributed by atoms with Crippen LogP contribution in [0, 0.1) is 0 Å². The van der Waals surface area contributed by atoms with Crippen molar-refractivity contribution < 1.29 is 18.7 Å². The standard InChI is InChI=1S/C22H23NO4/c1-3-26-18-11-9-17(10-12-18)21(16-7-5-4-6-8-16)23-22(24)20-14-13-19(27-20)15-25-2/h4-14,21H,3,15H2,1-2H3,(H,23,24). The number of carbonyl (C=O) groups excluding carboxylic acids is 1. The van der Waals surface area contributed by atoms with Crippen LogP contribution in [0.1, 0.15) is 40.4 Å². The third kappa shape index (κ3) is 4.77. The molecule has 0 fully saturated rings.